The summed E-state index contributed by atoms with van der Waals surface area (Å²) in [6.07, 6.45) is 5.54. The number of fused-ring (bicyclic) bond motifs is 1. The Labute approximate surface area is 178 Å². The Hall–Kier alpha value is -2.16. The van der Waals surface area contributed by atoms with Gasteiger partial charge in [0.2, 0.25) is 0 Å². The number of piperidine rings is 1. The molecule has 1 aromatic heterocycles. The van der Waals surface area contributed by atoms with Gasteiger partial charge in [-0.3, -0.25) is 4.90 Å². The number of hydrogen-bond donors (Lipinski definition) is 1. The van der Waals surface area contributed by atoms with Crippen LogP contribution in [0.25, 0.3) is 10.9 Å². The van der Waals surface area contributed by atoms with Gasteiger partial charge in [-0.2, -0.15) is 0 Å². The van der Waals surface area contributed by atoms with Crippen molar-refractivity contribution in [1.82, 2.24) is 20.2 Å². The molecule has 2 aliphatic heterocycles. The number of aromatic nitrogens is 2. The topological polar surface area (TPSA) is 72.0 Å². The molecule has 1 N–H and O–H groups in total. The maximum absolute atomic E-state index is 6.23. The lowest BCUT2D eigenvalue weighted by Gasteiger charge is -2.29. The number of likely N-dealkylation sites (tertiary alicyclic amines) is 1. The van der Waals surface area contributed by atoms with Gasteiger partial charge in [-0.05, 0) is 32.0 Å². The molecule has 0 saturated carbocycles. The summed E-state index contributed by atoms with van der Waals surface area (Å²) in [6.45, 7) is 8.70. The second-order valence-electron chi connectivity index (χ2n) is 7.84. The number of nitrogens with zero attached hydrogens (tertiary/aromatic N) is 4. The van der Waals surface area contributed by atoms with Gasteiger partial charge in [-0.25, -0.2) is 9.97 Å². The van der Waals surface area contributed by atoms with E-state index in [0.717, 1.165) is 55.2 Å². The van der Waals surface area contributed by atoms with Crippen molar-refractivity contribution in [1.29, 1.82) is 0 Å². The average Bonchev–Trinajstić information content (AvgIpc) is 2.80. The van der Waals surface area contributed by atoms with E-state index in [1.165, 1.54) is 32.4 Å². The number of hydrogen-bond acceptors (Lipinski definition) is 8. The fourth-order valence-electron chi connectivity index (χ4n) is 4.11. The number of ether oxygens (including phenoxy) is 3. The third kappa shape index (κ3) is 5.30. The van der Waals surface area contributed by atoms with Crippen LogP contribution < -0.4 is 19.7 Å². The van der Waals surface area contributed by atoms with Crippen LogP contribution in [0.5, 0.6) is 11.5 Å². The zero-order valence-corrected chi connectivity index (χ0v) is 17.9. The van der Waals surface area contributed by atoms with Crippen LogP contribution in [0.3, 0.4) is 0 Å². The van der Waals surface area contributed by atoms with Gasteiger partial charge in [-0.15, -0.1) is 0 Å². The highest BCUT2D eigenvalue weighted by Crippen LogP contribution is 2.35. The quantitative estimate of drug-likeness (QED) is 0.623. The summed E-state index contributed by atoms with van der Waals surface area (Å²) in [4.78, 5) is 13.9. The highest BCUT2D eigenvalue weighted by Gasteiger charge is 2.18. The van der Waals surface area contributed by atoms with Gasteiger partial charge < -0.3 is 24.4 Å². The molecule has 3 heterocycles. The fraction of sp³-hybridized carbons (Fsp3) is 0.636. The zero-order chi connectivity index (χ0) is 20.6. The molecule has 30 heavy (non-hydrogen) atoms. The molecule has 2 aliphatic rings. The van der Waals surface area contributed by atoms with Gasteiger partial charge in [0.05, 0.1) is 12.1 Å². The Morgan fingerprint density at radius 3 is 2.47 bits per heavy atom. The van der Waals surface area contributed by atoms with Gasteiger partial charge in [0.15, 0.2) is 11.5 Å². The first kappa shape index (κ1) is 21.1. The molecule has 0 aliphatic carbocycles. The molecule has 0 radical (unpaired) electrons. The van der Waals surface area contributed by atoms with Crippen molar-refractivity contribution in [2.45, 2.75) is 19.3 Å². The standard InChI is InChI=1S/C22H33N5O3/c1-28-13-14-30-21-16-19-18(22(25-17-24-19)27-9-5-23-6-10-27)15-20(21)29-12-11-26-7-3-2-4-8-26/h15-17,23H,2-14H2,1H3. The maximum Gasteiger partial charge on any atom is 0.163 e. The highest BCUT2D eigenvalue weighted by atomic mass is 16.5. The van der Waals surface area contributed by atoms with Gasteiger partial charge >= 0.3 is 0 Å². The van der Waals surface area contributed by atoms with E-state index in [9.17, 15) is 0 Å². The molecule has 2 saturated heterocycles. The third-order valence-corrected chi connectivity index (χ3v) is 5.76. The number of methoxy groups -OCH3 is 1. The summed E-state index contributed by atoms with van der Waals surface area (Å²) in [7, 11) is 1.67. The minimum atomic E-state index is 0.472. The van der Waals surface area contributed by atoms with Crippen LogP contribution in [0.2, 0.25) is 0 Å². The first-order valence-electron chi connectivity index (χ1n) is 11.1. The van der Waals surface area contributed by atoms with Crippen LogP contribution in [0.1, 0.15) is 19.3 Å². The van der Waals surface area contributed by atoms with Crippen LogP contribution in [0, 0.1) is 0 Å². The van der Waals surface area contributed by atoms with Crippen molar-refractivity contribution in [3.05, 3.63) is 18.5 Å². The van der Waals surface area contributed by atoms with Crippen LogP contribution in [0.15, 0.2) is 18.5 Å². The van der Waals surface area contributed by atoms with Crippen molar-refractivity contribution >= 4 is 16.7 Å². The number of benzene rings is 1. The average molecular weight is 416 g/mol. The van der Waals surface area contributed by atoms with Gasteiger partial charge in [-0.1, -0.05) is 6.42 Å². The molecule has 0 atom stereocenters. The van der Waals surface area contributed by atoms with Gasteiger partial charge in [0.1, 0.15) is 25.4 Å². The van der Waals surface area contributed by atoms with Crippen molar-refractivity contribution in [2.75, 3.05) is 77.6 Å². The minimum Gasteiger partial charge on any atom is -0.488 e. The number of anilines is 1. The molecular weight excluding hydrogens is 382 g/mol. The van der Waals surface area contributed by atoms with Crippen molar-refractivity contribution in [3.63, 3.8) is 0 Å². The minimum absolute atomic E-state index is 0.472. The normalized spacial score (nSPS) is 18.0. The number of piperazine rings is 1. The van der Waals surface area contributed by atoms with Gasteiger partial charge in [0, 0.05) is 51.3 Å². The largest absolute Gasteiger partial charge is 0.488 e. The monoisotopic (exact) mass is 415 g/mol. The van der Waals surface area contributed by atoms with E-state index >= 15 is 0 Å². The van der Waals surface area contributed by atoms with E-state index in [-0.39, 0.29) is 0 Å². The predicted molar refractivity (Wildman–Crippen MR) is 118 cm³/mol. The summed E-state index contributed by atoms with van der Waals surface area (Å²) in [5.41, 5.74) is 0.870. The van der Waals surface area contributed by atoms with Crippen LogP contribution in [0.4, 0.5) is 5.82 Å². The van der Waals surface area contributed by atoms with Crippen molar-refractivity contribution < 1.29 is 14.2 Å². The van der Waals surface area contributed by atoms with E-state index in [1.54, 1.807) is 13.4 Å². The molecule has 2 aromatic rings. The molecule has 2 fully saturated rings. The second kappa shape index (κ2) is 10.7. The molecule has 8 heteroatoms. The molecular formula is C22H33N5O3. The zero-order valence-electron chi connectivity index (χ0n) is 17.9. The van der Waals surface area contributed by atoms with Gasteiger partial charge in [0.25, 0.3) is 0 Å². The smallest absolute Gasteiger partial charge is 0.163 e. The van der Waals surface area contributed by atoms with E-state index in [4.69, 9.17) is 14.2 Å². The van der Waals surface area contributed by atoms with Crippen molar-refractivity contribution in [3.8, 4) is 11.5 Å². The molecule has 0 spiro atoms. The summed E-state index contributed by atoms with van der Waals surface area (Å²) in [5.74, 6) is 2.43. The van der Waals surface area contributed by atoms with Crippen LogP contribution in [-0.4, -0.2) is 87.6 Å². The maximum atomic E-state index is 6.23. The second-order valence-corrected chi connectivity index (χ2v) is 7.84. The molecule has 0 amide bonds. The summed E-state index contributed by atoms with van der Waals surface area (Å²) < 4.78 is 17.3. The summed E-state index contributed by atoms with van der Waals surface area (Å²) in [5, 5.41) is 4.40. The lowest BCUT2D eigenvalue weighted by atomic mass is 10.1. The van der Waals surface area contributed by atoms with Crippen molar-refractivity contribution in [2.24, 2.45) is 0 Å². The number of rotatable bonds is 9. The Morgan fingerprint density at radius 1 is 0.900 bits per heavy atom. The highest BCUT2D eigenvalue weighted by molar-refractivity contribution is 5.92. The van der Waals surface area contributed by atoms with Crippen LogP contribution in [-0.2, 0) is 4.74 Å². The lowest BCUT2D eigenvalue weighted by molar-refractivity contribution is 0.141. The Kier molecular flexibility index (Phi) is 7.55. The molecule has 1 aromatic carbocycles. The van der Waals surface area contributed by atoms with Crippen LogP contribution >= 0.6 is 0 Å². The first-order chi connectivity index (χ1) is 14.8. The molecule has 0 unspecified atom stereocenters. The van der Waals surface area contributed by atoms with E-state index in [2.05, 4.69) is 25.1 Å². The third-order valence-electron chi connectivity index (χ3n) is 5.76. The lowest BCUT2D eigenvalue weighted by Crippen LogP contribution is -2.44. The first-order valence-corrected chi connectivity index (χ1v) is 11.1. The summed E-state index contributed by atoms with van der Waals surface area (Å²) >= 11 is 0. The Balaban J connectivity index is 1.56. The molecule has 4 rings (SSSR count). The molecule has 8 nitrogen and oxygen atoms in total. The SMILES string of the molecule is COCCOc1cc2ncnc(N3CCNCC3)c2cc1OCCN1CCCCC1. The molecule has 164 valence electrons. The fourth-order valence-corrected chi connectivity index (χ4v) is 4.11. The van der Waals surface area contributed by atoms with E-state index in [1.807, 2.05) is 12.1 Å². The number of nitrogens with one attached hydrogen (secondary N) is 1. The predicted octanol–water partition coefficient (Wildman–Crippen LogP) is 1.93. The van der Waals surface area contributed by atoms with E-state index < -0.39 is 0 Å². The molecule has 0 bridgehead atoms. The van der Waals surface area contributed by atoms with E-state index in [0.29, 0.717) is 25.6 Å². The summed E-state index contributed by atoms with van der Waals surface area (Å²) in [6, 6.07) is 4.01. The Morgan fingerprint density at radius 2 is 1.67 bits per heavy atom. The Bertz CT molecular complexity index is 807.